The van der Waals surface area contributed by atoms with Crippen LogP contribution in [0.1, 0.15) is 11.1 Å². The lowest BCUT2D eigenvalue weighted by Crippen LogP contribution is -2.22. The Labute approximate surface area is 92.0 Å². The molecule has 2 aromatic heterocycles. The summed E-state index contributed by atoms with van der Waals surface area (Å²) in [6.45, 7) is 0. The largest absolute Gasteiger partial charge is 0.298 e. The Morgan fingerprint density at radius 2 is 1.19 bits per heavy atom. The van der Waals surface area contributed by atoms with Crippen molar-refractivity contribution in [2.45, 2.75) is 0 Å². The Balaban J connectivity index is 2.41. The average Bonchev–Trinajstić information content (AvgIpc) is 2.36. The van der Waals surface area contributed by atoms with Crippen molar-refractivity contribution in [2.75, 3.05) is 0 Å². The normalized spacial score (nSPS) is 13.2. The Morgan fingerprint density at radius 3 is 1.62 bits per heavy atom. The number of nitrogens with zero attached hydrogens (tertiary/aromatic N) is 2. The fourth-order valence-electron chi connectivity index (χ4n) is 1.86. The average molecular weight is 208 g/mol. The van der Waals surface area contributed by atoms with E-state index in [1.165, 1.54) is 0 Å². The van der Waals surface area contributed by atoms with E-state index in [0.29, 0.717) is 22.5 Å². The molecule has 2 aromatic rings. The number of fused-ring (bicyclic) bond motifs is 3. The molecule has 0 saturated carbocycles. The maximum absolute atomic E-state index is 7.92. The van der Waals surface area contributed by atoms with Gasteiger partial charge in [-0.1, -0.05) is 0 Å². The topological polar surface area (TPSA) is 73.5 Å². The zero-order valence-electron chi connectivity index (χ0n) is 8.36. The number of hydrogen-bond donors (Lipinski definition) is 2. The molecule has 2 heterocycles. The second-order valence-corrected chi connectivity index (χ2v) is 3.55. The molecule has 0 fully saturated rings. The minimum Gasteiger partial charge on any atom is -0.298 e. The fourth-order valence-corrected chi connectivity index (χ4v) is 1.86. The summed E-state index contributed by atoms with van der Waals surface area (Å²) in [7, 11) is 0. The molecule has 0 aromatic carbocycles. The van der Waals surface area contributed by atoms with Gasteiger partial charge in [0.2, 0.25) is 0 Å². The third kappa shape index (κ3) is 1.04. The smallest absolute Gasteiger partial charge is 0.0987 e. The lowest BCUT2D eigenvalue weighted by molar-refractivity contribution is 1.22. The van der Waals surface area contributed by atoms with Crippen LogP contribution in [0.4, 0.5) is 0 Å². The number of hydrogen-bond acceptors (Lipinski definition) is 4. The van der Waals surface area contributed by atoms with E-state index in [2.05, 4.69) is 9.97 Å². The molecule has 1 aliphatic rings. The molecule has 0 bridgehead atoms. The van der Waals surface area contributed by atoms with E-state index in [1.54, 1.807) is 36.7 Å². The zero-order chi connectivity index (χ0) is 11.1. The van der Waals surface area contributed by atoms with Crippen molar-refractivity contribution in [3.8, 4) is 11.4 Å². The predicted octanol–water partition coefficient (Wildman–Crippen LogP) is 1.89. The van der Waals surface area contributed by atoms with E-state index in [-0.39, 0.29) is 11.4 Å². The van der Waals surface area contributed by atoms with E-state index in [9.17, 15) is 0 Å². The lowest BCUT2D eigenvalue weighted by Gasteiger charge is -2.18. The van der Waals surface area contributed by atoms with Crippen LogP contribution in [0, 0.1) is 10.8 Å². The van der Waals surface area contributed by atoms with Crippen molar-refractivity contribution in [3.05, 3.63) is 47.8 Å². The van der Waals surface area contributed by atoms with Crippen LogP contribution in [0.2, 0.25) is 0 Å². The van der Waals surface area contributed by atoms with Gasteiger partial charge >= 0.3 is 0 Å². The minimum absolute atomic E-state index is 0.212. The molecule has 0 radical (unpaired) electrons. The molecule has 2 N–H and O–H groups in total. The summed E-state index contributed by atoms with van der Waals surface area (Å²) >= 11 is 0. The van der Waals surface area contributed by atoms with Crippen LogP contribution in [-0.4, -0.2) is 21.4 Å². The highest BCUT2D eigenvalue weighted by Crippen LogP contribution is 2.29. The Hall–Kier alpha value is -2.36. The van der Waals surface area contributed by atoms with Gasteiger partial charge in [-0.3, -0.25) is 20.8 Å². The maximum atomic E-state index is 7.92. The van der Waals surface area contributed by atoms with Gasteiger partial charge in [-0.25, -0.2) is 0 Å². The van der Waals surface area contributed by atoms with Crippen molar-refractivity contribution in [2.24, 2.45) is 0 Å². The molecule has 0 aliphatic heterocycles. The van der Waals surface area contributed by atoms with Gasteiger partial charge in [-0.2, -0.15) is 0 Å². The first kappa shape index (κ1) is 8.91. The molecule has 0 unspecified atom stereocenters. The number of nitrogens with one attached hydrogen (secondary N) is 2. The van der Waals surface area contributed by atoms with Gasteiger partial charge in [0, 0.05) is 23.5 Å². The van der Waals surface area contributed by atoms with Gasteiger partial charge in [0.15, 0.2) is 0 Å². The van der Waals surface area contributed by atoms with Crippen LogP contribution in [-0.2, 0) is 0 Å². The van der Waals surface area contributed by atoms with Gasteiger partial charge in [-0.15, -0.1) is 0 Å². The summed E-state index contributed by atoms with van der Waals surface area (Å²) in [6.07, 6.45) is 3.36. The second kappa shape index (κ2) is 3.06. The highest BCUT2D eigenvalue weighted by Gasteiger charge is 2.25. The maximum Gasteiger partial charge on any atom is 0.0987 e. The number of rotatable bonds is 0. The van der Waals surface area contributed by atoms with Crippen LogP contribution in [0.15, 0.2) is 36.7 Å². The van der Waals surface area contributed by atoms with Crippen molar-refractivity contribution < 1.29 is 0 Å². The van der Waals surface area contributed by atoms with Crippen LogP contribution in [0.5, 0.6) is 0 Å². The third-order valence-electron chi connectivity index (χ3n) is 2.63. The van der Waals surface area contributed by atoms with Crippen molar-refractivity contribution >= 4 is 11.4 Å². The van der Waals surface area contributed by atoms with E-state index >= 15 is 0 Å². The molecule has 0 spiro atoms. The Kier molecular flexibility index (Phi) is 1.71. The molecular weight excluding hydrogens is 200 g/mol. The summed E-state index contributed by atoms with van der Waals surface area (Å²) in [5.41, 5.74) is 3.17. The monoisotopic (exact) mass is 208 g/mol. The molecule has 4 nitrogen and oxygen atoms in total. The quantitative estimate of drug-likeness (QED) is 0.693. The first-order valence-electron chi connectivity index (χ1n) is 4.87. The molecule has 4 heteroatoms. The number of aromatic nitrogens is 2. The van der Waals surface area contributed by atoms with Gasteiger partial charge in [0.25, 0.3) is 0 Å². The predicted molar refractivity (Wildman–Crippen MR) is 61.1 cm³/mol. The van der Waals surface area contributed by atoms with Gasteiger partial charge in [0.1, 0.15) is 0 Å². The molecule has 1 aliphatic carbocycles. The molecule has 0 amide bonds. The molecular formula is C12H8N4. The van der Waals surface area contributed by atoms with Crippen LogP contribution in [0.3, 0.4) is 0 Å². The zero-order valence-corrected chi connectivity index (χ0v) is 8.36. The molecule has 0 saturated heterocycles. The van der Waals surface area contributed by atoms with E-state index < -0.39 is 0 Å². The van der Waals surface area contributed by atoms with Crippen molar-refractivity contribution in [1.29, 1.82) is 10.8 Å². The summed E-state index contributed by atoms with van der Waals surface area (Å²) in [5, 5.41) is 15.8. The standard InChI is InChI=1S/C12H8N4/c13-9-7-3-1-5-15-11(7)12-8(10(9)14)4-2-6-16-12/h1-6,13-14H. The van der Waals surface area contributed by atoms with Crippen LogP contribution < -0.4 is 0 Å². The first-order chi connectivity index (χ1) is 7.79. The van der Waals surface area contributed by atoms with Crippen LogP contribution in [0.25, 0.3) is 11.4 Å². The van der Waals surface area contributed by atoms with E-state index in [1.807, 2.05) is 0 Å². The molecule has 76 valence electrons. The van der Waals surface area contributed by atoms with E-state index in [4.69, 9.17) is 10.8 Å². The first-order valence-corrected chi connectivity index (χ1v) is 4.87. The number of pyridine rings is 2. The summed E-state index contributed by atoms with van der Waals surface area (Å²) in [6, 6.07) is 7.15. The third-order valence-corrected chi connectivity index (χ3v) is 2.63. The highest BCUT2D eigenvalue weighted by atomic mass is 14.8. The molecule has 3 rings (SSSR count). The highest BCUT2D eigenvalue weighted by molar-refractivity contribution is 6.54. The van der Waals surface area contributed by atoms with Crippen LogP contribution >= 0.6 is 0 Å². The Morgan fingerprint density at radius 1 is 0.750 bits per heavy atom. The van der Waals surface area contributed by atoms with Crippen molar-refractivity contribution in [1.82, 2.24) is 9.97 Å². The molecule has 0 atom stereocenters. The lowest BCUT2D eigenvalue weighted by atomic mass is 9.89. The van der Waals surface area contributed by atoms with Crippen molar-refractivity contribution in [3.63, 3.8) is 0 Å². The summed E-state index contributed by atoms with van der Waals surface area (Å²) in [5.74, 6) is 0. The SMILES string of the molecule is N=C1C(=N)c2cccnc2-c2ncccc21. The summed E-state index contributed by atoms with van der Waals surface area (Å²) < 4.78 is 0. The Bertz CT molecular complexity index is 560. The minimum atomic E-state index is 0.212. The summed E-state index contributed by atoms with van der Waals surface area (Å²) in [4.78, 5) is 8.49. The fraction of sp³-hybridized carbons (Fsp3) is 0. The second-order valence-electron chi connectivity index (χ2n) is 3.55. The van der Waals surface area contributed by atoms with Gasteiger partial charge in [0.05, 0.1) is 22.8 Å². The molecule has 16 heavy (non-hydrogen) atoms. The van der Waals surface area contributed by atoms with Gasteiger partial charge < -0.3 is 0 Å². The van der Waals surface area contributed by atoms with E-state index in [0.717, 1.165) is 0 Å². The van der Waals surface area contributed by atoms with Gasteiger partial charge in [-0.05, 0) is 24.3 Å².